The summed E-state index contributed by atoms with van der Waals surface area (Å²) in [5, 5.41) is 7.48. The third-order valence-corrected chi connectivity index (χ3v) is 4.66. The number of fused-ring (bicyclic) bond motifs is 1. The van der Waals surface area contributed by atoms with Crippen molar-refractivity contribution in [3.8, 4) is 5.75 Å². The molecule has 1 aliphatic heterocycles. The maximum atomic E-state index is 11.4. The third-order valence-electron chi connectivity index (χ3n) is 4.66. The standard InChI is InChI=1S/C19H26N4O2/c1-4-19(24)20-11-16-10-17-13-22(7-8-23(17)21-16)12-15-5-6-18(25-3)9-14(15)2/h5-6,9-10H,4,7-8,11-13H2,1-3H3,(H,20,24). The summed E-state index contributed by atoms with van der Waals surface area (Å²) in [6.45, 7) is 8.13. The van der Waals surface area contributed by atoms with Crippen molar-refractivity contribution in [2.75, 3.05) is 13.7 Å². The number of hydrogen-bond acceptors (Lipinski definition) is 4. The van der Waals surface area contributed by atoms with Crippen molar-refractivity contribution in [3.63, 3.8) is 0 Å². The van der Waals surface area contributed by atoms with Crippen LogP contribution in [0.2, 0.25) is 0 Å². The second-order valence-corrected chi connectivity index (χ2v) is 6.48. The summed E-state index contributed by atoms with van der Waals surface area (Å²) < 4.78 is 7.34. The molecule has 1 amide bonds. The Hall–Kier alpha value is -2.34. The second kappa shape index (κ2) is 7.70. The summed E-state index contributed by atoms with van der Waals surface area (Å²) in [7, 11) is 1.70. The van der Waals surface area contributed by atoms with E-state index in [1.807, 2.05) is 13.0 Å². The molecule has 0 aliphatic carbocycles. The predicted molar refractivity (Wildman–Crippen MR) is 96.2 cm³/mol. The van der Waals surface area contributed by atoms with Crippen LogP contribution in [-0.2, 0) is 31.0 Å². The molecule has 1 N–H and O–H groups in total. The van der Waals surface area contributed by atoms with Gasteiger partial charge in [0.15, 0.2) is 0 Å². The van der Waals surface area contributed by atoms with Crippen LogP contribution in [0.15, 0.2) is 24.3 Å². The van der Waals surface area contributed by atoms with Crippen LogP contribution in [0.4, 0.5) is 0 Å². The first kappa shape index (κ1) is 17.5. The lowest BCUT2D eigenvalue weighted by atomic mass is 10.1. The van der Waals surface area contributed by atoms with Crippen LogP contribution in [0.3, 0.4) is 0 Å². The number of nitrogens with zero attached hydrogens (tertiary/aromatic N) is 3. The van der Waals surface area contributed by atoms with E-state index in [2.05, 4.69) is 45.1 Å². The monoisotopic (exact) mass is 342 g/mol. The molecule has 0 unspecified atom stereocenters. The zero-order valence-electron chi connectivity index (χ0n) is 15.2. The summed E-state index contributed by atoms with van der Waals surface area (Å²) in [6, 6.07) is 8.35. The Balaban J connectivity index is 1.63. The van der Waals surface area contributed by atoms with Gasteiger partial charge >= 0.3 is 0 Å². The van der Waals surface area contributed by atoms with Crippen LogP contribution < -0.4 is 10.1 Å². The molecule has 0 atom stereocenters. The molecular formula is C19H26N4O2. The Morgan fingerprint density at radius 1 is 1.32 bits per heavy atom. The quantitative estimate of drug-likeness (QED) is 0.875. The van der Waals surface area contributed by atoms with Crippen LogP contribution in [0.5, 0.6) is 5.75 Å². The van der Waals surface area contributed by atoms with Crippen LogP contribution in [-0.4, -0.2) is 34.2 Å². The number of rotatable bonds is 6. The van der Waals surface area contributed by atoms with E-state index in [4.69, 9.17) is 4.74 Å². The number of aryl methyl sites for hydroxylation is 1. The molecular weight excluding hydrogens is 316 g/mol. The Kier molecular flexibility index (Phi) is 5.38. The van der Waals surface area contributed by atoms with Crippen molar-refractivity contribution >= 4 is 5.91 Å². The molecule has 1 aromatic heterocycles. The number of amides is 1. The average molecular weight is 342 g/mol. The number of carbonyl (C=O) groups is 1. The molecule has 1 aromatic carbocycles. The Morgan fingerprint density at radius 2 is 2.16 bits per heavy atom. The minimum atomic E-state index is 0.0579. The van der Waals surface area contributed by atoms with Gasteiger partial charge in [0.1, 0.15) is 5.75 Å². The minimum Gasteiger partial charge on any atom is -0.497 e. The van der Waals surface area contributed by atoms with E-state index in [1.165, 1.54) is 16.8 Å². The topological polar surface area (TPSA) is 59.4 Å². The van der Waals surface area contributed by atoms with Gasteiger partial charge in [0.05, 0.1) is 31.6 Å². The first-order chi connectivity index (χ1) is 12.1. The van der Waals surface area contributed by atoms with Crippen LogP contribution in [0.25, 0.3) is 0 Å². The lowest BCUT2D eigenvalue weighted by Crippen LogP contribution is -2.33. The summed E-state index contributed by atoms with van der Waals surface area (Å²) in [5.41, 5.74) is 4.71. The maximum Gasteiger partial charge on any atom is 0.220 e. The zero-order valence-corrected chi connectivity index (χ0v) is 15.2. The number of aromatic nitrogens is 2. The third kappa shape index (κ3) is 4.20. The smallest absolute Gasteiger partial charge is 0.220 e. The van der Waals surface area contributed by atoms with E-state index in [-0.39, 0.29) is 5.91 Å². The molecule has 3 rings (SSSR count). The Labute approximate surface area is 148 Å². The molecule has 0 saturated heterocycles. The fourth-order valence-electron chi connectivity index (χ4n) is 3.13. The zero-order chi connectivity index (χ0) is 17.8. The van der Waals surface area contributed by atoms with Crippen molar-refractivity contribution in [3.05, 3.63) is 46.8 Å². The summed E-state index contributed by atoms with van der Waals surface area (Å²) in [4.78, 5) is 13.8. The number of hydrogen-bond donors (Lipinski definition) is 1. The molecule has 1 aliphatic rings. The summed E-state index contributed by atoms with van der Waals surface area (Å²) in [6.07, 6.45) is 0.503. The largest absolute Gasteiger partial charge is 0.497 e. The second-order valence-electron chi connectivity index (χ2n) is 6.48. The van der Waals surface area contributed by atoms with E-state index in [0.29, 0.717) is 13.0 Å². The normalized spacial score (nSPS) is 14.2. The van der Waals surface area contributed by atoms with Crippen molar-refractivity contribution in [1.29, 1.82) is 0 Å². The van der Waals surface area contributed by atoms with Gasteiger partial charge in [-0.15, -0.1) is 0 Å². The number of nitrogens with one attached hydrogen (secondary N) is 1. The molecule has 134 valence electrons. The van der Waals surface area contributed by atoms with Crippen LogP contribution in [0.1, 0.15) is 35.9 Å². The van der Waals surface area contributed by atoms with Gasteiger partial charge in [0.25, 0.3) is 0 Å². The van der Waals surface area contributed by atoms with Gasteiger partial charge in [-0.25, -0.2) is 0 Å². The van der Waals surface area contributed by atoms with Gasteiger partial charge in [-0.3, -0.25) is 14.4 Å². The summed E-state index contributed by atoms with van der Waals surface area (Å²) in [5.74, 6) is 0.958. The fraction of sp³-hybridized carbons (Fsp3) is 0.474. The van der Waals surface area contributed by atoms with Gasteiger partial charge < -0.3 is 10.1 Å². The number of benzene rings is 1. The number of ether oxygens (including phenoxy) is 1. The lowest BCUT2D eigenvalue weighted by Gasteiger charge is -2.28. The van der Waals surface area contributed by atoms with Gasteiger partial charge in [-0.2, -0.15) is 5.10 Å². The first-order valence-corrected chi connectivity index (χ1v) is 8.77. The van der Waals surface area contributed by atoms with E-state index in [0.717, 1.165) is 37.6 Å². The van der Waals surface area contributed by atoms with E-state index in [9.17, 15) is 4.79 Å². The first-order valence-electron chi connectivity index (χ1n) is 8.77. The minimum absolute atomic E-state index is 0.0579. The van der Waals surface area contributed by atoms with Gasteiger partial charge in [0, 0.05) is 26.1 Å². The molecule has 2 aromatic rings. The number of carbonyl (C=O) groups excluding carboxylic acids is 1. The number of methoxy groups -OCH3 is 1. The maximum absolute atomic E-state index is 11.4. The molecule has 6 nitrogen and oxygen atoms in total. The van der Waals surface area contributed by atoms with Crippen LogP contribution >= 0.6 is 0 Å². The Bertz CT molecular complexity index is 754. The lowest BCUT2D eigenvalue weighted by molar-refractivity contribution is -0.120. The Morgan fingerprint density at radius 3 is 2.88 bits per heavy atom. The summed E-state index contributed by atoms with van der Waals surface area (Å²) >= 11 is 0. The molecule has 6 heteroatoms. The van der Waals surface area contributed by atoms with Gasteiger partial charge in [-0.1, -0.05) is 13.0 Å². The predicted octanol–water partition coefficient (Wildman–Crippen LogP) is 2.24. The molecule has 2 heterocycles. The highest BCUT2D eigenvalue weighted by molar-refractivity contribution is 5.75. The molecule has 25 heavy (non-hydrogen) atoms. The van der Waals surface area contributed by atoms with Crippen molar-refractivity contribution in [2.45, 2.75) is 46.4 Å². The molecule has 0 bridgehead atoms. The highest BCUT2D eigenvalue weighted by Gasteiger charge is 2.19. The SMILES string of the molecule is CCC(=O)NCc1cc2n(n1)CCN(Cc1ccc(OC)cc1C)C2. The van der Waals surface area contributed by atoms with E-state index >= 15 is 0 Å². The van der Waals surface area contributed by atoms with Crippen molar-refractivity contribution in [1.82, 2.24) is 20.0 Å². The molecule has 0 fully saturated rings. The molecule has 0 spiro atoms. The van der Waals surface area contributed by atoms with Gasteiger partial charge in [-0.05, 0) is 36.2 Å². The van der Waals surface area contributed by atoms with E-state index in [1.54, 1.807) is 7.11 Å². The van der Waals surface area contributed by atoms with E-state index < -0.39 is 0 Å². The van der Waals surface area contributed by atoms with Crippen molar-refractivity contribution < 1.29 is 9.53 Å². The van der Waals surface area contributed by atoms with Gasteiger partial charge in [0.2, 0.25) is 5.91 Å². The van der Waals surface area contributed by atoms with Crippen molar-refractivity contribution in [2.24, 2.45) is 0 Å². The molecule has 0 radical (unpaired) electrons. The average Bonchev–Trinajstić information content (AvgIpc) is 3.03. The fourth-order valence-corrected chi connectivity index (χ4v) is 3.13. The highest BCUT2D eigenvalue weighted by atomic mass is 16.5. The molecule has 0 saturated carbocycles. The highest BCUT2D eigenvalue weighted by Crippen LogP contribution is 2.21. The van der Waals surface area contributed by atoms with Crippen LogP contribution in [0, 0.1) is 6.92 Å².